The van der Waals surface area contributed by atoms with Gasteiger partial charge in [0, 0.05) is 16.0 Å². The third-order valence-corrected chi connectivity index (χ3v) is 4.88. The minimum atomic E-state index is -0.848. The van der Waals surface area contributed by atoms with E-state index >= 15 is 0 Å². The minimum absolute atomic E-state index is 0.402. The first-order valence-corrected chi connectivity index (χ1v) is 7.44. The van der Waals surface area contributed by atoms with Crippen LogP contribution in [0.1, 0.15) is 26.4 Å². The Bertz CT molecular complexity index is 553. The van der Waals surface area contributed by atoms with E-state index in [9.17, 15) is 4.79 Å². The third-order valence-electron chi connectivity index (χ3n) is 2.81. The molecule has 2 aromatic rings. The summed E-state index contributed by atoms with van der Waals surface area (Å²) in [5.41, 5.74) is 3.91. The number of carbonyl (C=O) groups is 1. The van der Waals surface area contributed by atoms with E-state index in [1.807, 2.05) is 5.38 Å². The Morgan fingerprint density at radius 1 is 1.33 bits per heavy atom. The molecular formula is C14H14O2S2. The predicted molar refractivity (Wildman–Crippen MR) is 76.8 cm³/mol. The Hall–Kier alpha value is -1.26. The van der Waals surface area contributed by atoms with Crippen molar-refractivity contribution in [3.8, 4) is 0 Å². The smallest absolute Gasteiger partial charge is 0.345 e. The van der Waals surface area contributed by atoms with E-state index in [1.165, 1.54) is 28.0 Å². The van der Waals surface area contributed by atoms with Crippen molar-refractivity contribution in [2.24, 2.45) is 0 Å². The first kappa shape index (κ1) is 13.2. The van der Waals surface area contributed by atoms with Gasteiger partial charge in [-0.2, -0.15) is 0 Å². The number of aromatic carboxylic acids is 1. The van der Waals surface area contributed by atoms with Crippen molar-refractivity contribution in [3.63, 3.8) is 0 Å². The summed E-state index contributed by atoms with van der Waals surface area (Å²) >= 11 is 2.97. The van der Waals surface area contributed by atoms with E-state index in [0.717, 1.165) is 10.6 Å². The van der Waals surface area contributed by atoms with Gasteiger partial charge < -0.3 is 5.11 Å². The number of benzene rings is 1. The molecule has 0 saturated carbocycles. The zero-order valence-electron chi connectivity index (χ0n) is 10.3. The van der Waals surface area contributed by atoms with Crippen molar-refractivity contribution in [2.45, 2.75) is 24.5 Å². The summed E-state index contributed by atoms with van der Waals surface area (Å²) in [6.45, 7) is 4.22. The molecule has 0 aliphatic rings. The summed E-state index contributed by atoms with van der Waals surface area (Å²) in [6.07, 6.45) is 0. The van der Waals surface area contributed by atoms with Crippen LogP contribution in [0, 0.1) is 13.8 Å². The van der Waals surface area contributed by atoms with Gasteiger partial charge in [-0.15, -0.1) is 23.1 Å². The highest BCUT2D eigenvalue weighted by atomic mass is 32.2. The molecule has 0 aliphatic heterocycles. The van der Waals surface area contributed by atoms with Crippen molar-refractivity contribution in [3.05, 3.63) is 51.2 Å². The molecule has 0 saturated heterocycles. The number of carboxylic acid groups (broad SMARTS) is 1. The summed E-state index contributed by atoms with van der Waals surface area (Å²) in [6, 6.07) is 8.02. The third kappa shape index (κ3) is 2.94. The monoisotopic (exact) mass is 278 g/mol. The lowest BCUT2D eigenvalue weighted by atomic mass is 10.1. The second-order valence-corrected chi connectivity index (χ2v) is 6.07. The van der Waals surface area contributed by atoms with Crippen LogP contribution in [0.15, 0.2) is 34.5 Å². The van der Waals surface area contributed by atoms with E-state index in [4.69, 9.17) is 5.11 Å². The van der Waals surface area contributed by atoms with Gasteiger partial charge in [0.25, 0.3) is 0 Å². The van der Waals surface area contributed by atoms with Gasteiger partial charge in [0.05, 0.1) is 0 Å². The number of carboxylic acids is 1. The standard InChI is InChI=1S/C14H14O2S2/c1-9-4-3-5-10(2)12(9)8-17-11-6-13(14(15)16)18-7-11/h3-7H,8H2,1-2H3,(H,15,16). The Balaban J connectivity index is 2.09. The molecule has 1 heterocycles. The highest BCUT2D eigenvalue weighted by molar-refractivity contribution is 7.98. The summed E-state index contributed by atoms with van der Waals surface area (Å²) in [5, 5.41) is 10.8. The lowest BCUT2D eigenvalue weighted by molar-refractivity contribution is 0.0702. The van der Waals surface area contributed by atoms with Gasteiger partial charge in [-0.1, -0.05) is 18.2 Å². The fourth-order valence-corrected chi connectivity index (χ4v) is 3.80. The van der Waals surface area contributed by atoms with Gasteiger partial charge in [-0.05, 0) is 36.6 Å². The molecule has 94 valence electrons. The Morgan fingerprint density at radius 2 is 2.00 bits per heavy atom. The zero-order valence-corrected chi connectivity index (χ0v) is 11.9. The van der Waals surface area contributed by atoms with Gasteiger partial charge in [-0.25, -0.2) is 4.79 Å². The first-order chi connectivity index (χ1) is 8.58. The largest absolute Gasteiger partial charge is 0.477 e. The highest BCUT2D eigenvalue weighted by Gasteiger charge is 2.08. The van der Waals surface area contributed by atoms with Gasteiger partial charge in [0.15, 0.2) is 0 Å². The number of hydrogen-bond acceptors (Lipinski definition) is 3. The van der Waals surface area contributed by atoms with Crippen LogP contribution in [0.25, 0.3) is 0 Å². The fourth-order valence-electron chi connectivity index (χ4n) is 1.74. The number of hydrogen-bond donors (Lipinski definition) is 1. The molecule has 18 heavy (non-hydrogen) atoms. The van der Waals surface area contributed by atoms with Gasteiger partial charge >= 0.3 is 5.97 Å². The molecule has 0 radical (unpaired) electrons. The van der Waals surface area contributed by atoms with Crippen LogP contribution in [0.3, 0.4) is 0 Å². The van der Waals surface area contributed by atoms with Crippen molar-refractivity contribution in [2.75, 3.05) is 0 Å². The van der Waals surface area contributed by atoms with Crippen molar-refractivity contribution >= 4 is 29.1 Å². The molecule has 0 amide bonds. The molecule has 0 aliphatic carbocycles. The van der Waals surface area contributed by atoms with Crippen LogP contribution in [0.5, 0.6) is 0 Å². The average Bonchev–Trinajstić information content (AvgIpc) is 2.77. The highest BCUT2D eigenvalue weighted by Crippen LogP contribution is 2.29. The molecule has 2 nitrogen and oxygen atoms in total. The van der Waals surface area contributed by atoms with Crippen molar-refractivity contribution in [1.82, 2.24) is 0 Å². The van der Waals surface area contributed by atoms with Crippen LogP contribution in [-0.4, -0.2) is 11.1 Å². The van der Waals surface area contributed by atoms with Crippen LogP contribution in [0.2, 0.25) is 0 Å². The summed E-state index contributed by atoms with van der Waals surface area (Å²) in [7, 11) is 0. The molecule has 1 aromatic carbocycles. The maximum Gasteiger partial charge on any atom is 0.345 e. The average molecular weight is 278 g/mol. The van der Waals surface area contributed by atoms with Gasteiger partial charge in [0.1, 0.15) is 4.88 Å². The lowest BCUT2D eigenvalue weighted by Gasteiger charge is -2.08. The molecule has 1 N–H and O–H groups in total. The van der Waals surface area contributed by atoms with Crippen molar-refractivity contribution < 1.29 is 9.90 Å². The minimum Gasteiger partial charge on any atom is -0.477 e. The van der Waals surface area contributed by atoms with Crippen LogP contribution < -0.4 is 0 Å². The molecule has 0 bridgehead atoms. The second-order valence-electron chi connectivity index (χ2n) is 4.11. The maximum absolute atomic E-state index is 10.8. The number of rotatable bonds is 4. The van der Waals surface area contributed by atoms with E-state index in [2.05, 4.69) is 32.0 Å². The van der Waals surface area contributed by atoms with Crippen LogP contribution >= 0.6 is 23.1 Å². The van der Waals surface area contributed by atoms with Crippen LogP contribution in [0.4, 0.5) is 0 Å². The first-order valence-electron chi connectivity index (χ1n) is 5.57. The summed E-state index contributed by atoms with van der Waals surface area (Å²) in [5.74, 6) is 0.0350. The lowest BCUT2D eigenvalue weighted by Crippen LogP contribution is -1.91. The zero-order chi connectivity index (χ0) is 13.1. The summed E-state index contributed by atoms with van der Waals surface area (Å²) < 4.78 is 0. The van der Waals surface area contributed by atoms with E-state index < -0.39 is 5.97 Å². The molecular weight excluding hydrogens is 264 g/mol. The Morgan fingerprint density at radius 3 is 2.56 bits per heavy atom. The molecule has 0 unspecified atom stereocenters. The number of thioether (sulfide) groups is 1. The van der Waals surface area contributed by atoms with Crippen LogP contribution in [-0.2, 0) is 5.75 Å². The van der Waals surface area contributed by atoms with Crippen molar-refractivity contribution in [1.29, 1.82) is 0 Å². The predicted octanol–water partition coefficient (Wildman–Crippen LogP) is 4.36. The fraction of sp³-hybridized carbons (Fsp3) is 0.214. The van der Waals surface area contributed by atoms with E-state index in [0.29, 0.717) is 4.88 Å². The topological polar surface area (TPSA) is 37.3 Å². The number of aryl methyl sites for hydroxylation is 2. The SMILES string of the molecule is Cc1cccc(C)c1CSc1csc(C(=O)O)c1. The van der Waals surface area contributed by atoms with Gasteiger partial charge in [-0.3, -0.25) is 0 Å². The van der Waals surface area contributed by atoms with E-state index in [1.54, 1.807) is 17.8 Å². The molecule has 4 heteroatoms. The van der Waals surface area contributed by atoms with E-state index in [-0.39, 0.29) is 0 Å². The number of thiophene rings is 1. The normalized spacial score (nSPS) is 10.6. The molecule has 1 aromatic heterocycles. The Kier molecular flexibility index (Phi) is 4.09. The molecule has 0 spiro atoms. The molecule has 0 atom stereocenters. The maximum atomic E-state index is 10.8. The Labute approximate surface area is 115 Å². The quantitative estimate of drug-likeness (QED) is 0.845. The molecule has 0 fully saturated rings. The summed E-state index contributed by atoms with van der Waals surface area (Å²) in [4.78, 5) is 12.2. The van der Waals surface area contributed by atoms with Gasteiger partial charge in [0.2, 0.25) is 0 Å². The molecule has 2 rings (SSSR count). The second kappa shape index (κ2) is 5.59.